The zero-order valence-electron chi connectivity index (χ0n) is 15.9. The van der Waals surface area contributed by atoms with Crippen LogP contribution < -0.4 is 4.74 Å². The Kier molecular flexibility index (Phi) is 4.92. The van der Waals surface area contributed by atoms with Crippen LogP contribution in [0.5, 0.6) is 5.75 Å². The van der Waals surface area contributed by atoms with Crippen LogP contribution >= 0.6 is 15.9 Å². The number of ether oxygens (including phenoxy) is 1. The molecule has 0 bridgehead atoms. The van der Waals surface area contributed by atoms with Gasteiger partial charge in [0.15, 0.2) is 8.32 Å². The van der Waals surface area contributed by atoms with Crippen LogP contribution in [0.3, 0.4) is 0 Å². The number of carbonyl (C=O) groups is 1. The van der Waals surface area contributed by atoms with Crippen molar-refractivity contribution in [1.29, 1.82) is 0 Å². The third kappa shape index (κ3) is 3.06. The van der Waals surface area contributed by atoms with Gasteiger partial charge in [-0.05, 0) is 45.7 Å². The van der Waals surface area contributed by atoms with Crippen molar-refractivity contribution >= 4 is 30.2 Å². The summed E-state index contributed by atoms with van der Waals surface area (Å²) in [6, 6.07) is 15.6. The molecule has 0 spiro atoms. The van der Waals surface area contributed by atoms with Gasteiger partial charge in [-0.1, -0.05) is 63.2 Å². The fourth-order valence-corrected chi connectivity index (χ4v) is 4.42. The van der Waals surface area contributed by atoms with E-state index in [2.05, 4.69) is 49.8 Å². The molecule has 0 fully saturated rings. The first-order chi connectivity index (χ1) is 12.1. The zero-order chi connectivity index (χ0) is 19.2. The third-order valence-corrected chi connectivity index (χ3v) is 10.8. The highest BCUT2D eigenvalue weighted by Crippen LogP contribution is 2.49. The van der Waals surface area contributed by atoms with Crippen molar-refractivity contribution in [2.75, 3.05) is 6.61 Å². The van der Waals surface area contributed by atoms with Crippen molar-refractivity contribution in [2.45, 2.75) is 44.3 Å². The highest BCUT2D eigenvalue weighted by Gasteiger charge is 2.53. The van der Waals surface area contributed by atoms with Crippen LogP contribution in [0.1, 0.15) is 31.9 Å². The molecule has 0 aliphatic carbocycles. The van der Waals surface area contributed by atoms with Gasteiger partial charge in [0.05, 0.1) is 11.1 Å². The van der Waals surface area contributed by atoms with E-state index in [0.29, 0.717) is 5.75 Å². The second kappa shape index (κ2) is 6.62. The number of hydrogen-bond donors (Lipinski definition) is 0. The Morgan fingerprint density at radius 3 is 2.35 bits per heavy atom. The molecule has 0 saturated heterocycles. The first kappa shape index (κ1) is 19.3. The summed E-state index contributed by atoms with van der Waals surface area (Å²) >= 11 is 3.51. The summed E-state index contributed by atoms with van der Waals surface area (Å²) in [4.78, 5) is 13.2. The molecule has 0 saturated carbocycles. The normalized spacial score (nSPS) is 20.0. The van der Waals surface area contributed by atoms with E-state index in [4.69, 9.17) is 9.16 Å². The zero-order valence-corrected chi connectivity index (χ0v) is 18.5. The summed E-state index contributed by atoms with van der Waals surface area (Å²) < 4.78 is 13.0. The first-order valence-corrected chi connectivity index (χ1v) is 12.5. The summed E-state index contributed by atoms with van der Waals surface area (Å²) in [7, 11) is -2.04. The second-order valence-corrected chi connectivity index (χ2v) is 14.0. The van der Waals surface area contributed by atoms with Crippen LogP contribution in [-0.2, 0) is 14.6 Å². The molecule has 3 nitrogen and oxygen atoms in total. The van der Waals surface area contributed by atoms with E-state index < -0.39 is 13.7 Å². The molecule has 2 aromatic rings. The lowest BCUT2D eigenvalue weighted by Crippen LogP contribution is -2.48. The third-order valence-electron chi connectivity index (χ3n) is 5.69. The van der Waals surface area contributed by atoms with Crippen LogP contribution in [0.15, 0.2) is 53.0 Å². The average molecular weight is 433 g/mol. The monoisotopic (exact) mass is 432 g/mol. The van der Waals surface area contributed by atoms with Crippen LogP contribution in [0.25, 0.3) is 0 Å². The van der Waals surface area contributed by atoms with Crippen LogP contribution in [-0.4, -0.2) is 20.9 Å². The molecule has 1 aliphatic rings. The maximum atomic E-state index is 13.2. The predicted octanol–water partition coefficient (Wildman–Crippen LogP) is 5.68. The van der Waals surface area contributed by atoms with E-state index >= 15 is 0 Å². The number of fused-ring (bicyclic) bond motifs is 1. The Morgan fingerprint density at radius 1 is 1.08 bits per heavy atom. The standard InChI is InChI=1S/C21H25BrO3Si/c1-20(2,3)26(4,5)24-14-21(15-10-7-6-8-11-15)16-12-9-13-17(22)18(16)25-19(21)23/h6-13H,14H2,1-5H3/t21-/m1/s1. The fourth-order valence-electron chi connectivity index (χ4n) is 2.96. The SMILES string of the molecule is CC(C)(C)[Si](C)(C)OC[C@]1(c2ccccc2)C(=O)Oc2c(Br)cccc21. The van der Waals surface area contributed by atoms with E-state index in [9.17, 15) is 4.79 Å². The number of benzene rings is 2. The minimum absolute atomic E-state index is 0.0630. The number of rotatable bonds is 4. The molecule has 0 unspecified atom stereocenters. The maximum Gasteiger partial charge on any atom is 0.329 e. The van der Waals surface area contributed by atoms with Gasteiger partial charge in [0.25, 0.3) is 0 Å². The Morgan fingerprint density at radius 2 is 1.73 bits per heavy atom. The minimum atomic E-state index is -2.04. The van der Waals surface area contributed by atoms with Crippen molar-refractivity contribution in [3.05, 3.63) is 64.1 Å². The summed E-state index contributed by atoms with van der Waals surface area (Å²) in [5, 5.41) is 0.0630. The molecule has 1 aliphatic heterocycles. The molecule has 0 amide bonds. The lowest BCUT2D eigenvalue weighted by molar-refractivity contribution is -0.137. The fraction of sp³-hybridized carbons (Fsp3) is 0.381. The number of hydrogen-bond acceptors (Lipinski definition) is 3. The Labute approximate surface area is 165 Å². The molecule has 0 aromatic heterocycles. The molecule has 138 valence electrons. The van der Waals surface area contributed by atoms with Crippen molar-refractivity contribution in [3.63, 3.8) is 0 Å². The minimum Gasteiger partial charge on any atom is -0.424 e. The van der Waals surface area contributed by atoms with E-state index in [1.54, 1.807) is 0 Å². The largest absolute Gasteiger partial charge is 0.424 e. The number of esters is 1. The Bertz CT molecular complexity index is 827. The average Bonchev–Trinajstić information content (AvgIpc) is 2.87. The topological polar surface area (TPSA) is 35.5 Å². The lowest BCUT2D eigenvalue weighted by Gasteiger charge is -2.39. The van der Waals surface area contributed by atoms with Crippen molar-refractivity contribution in [1.82, 2.24) is 0 Å². The van der Waals surface area contributed by atoms with Gasteiger partial charge < -0.3 is 9.16 Å². The smallest absolute Gasteiger partial charge is 0.329 e. The molecule has 5 heteroatoms. The van der Waals surface area contributed by atoms with Crippen LogP contribution in [0.2, 0.25) is 18.1 Å². The van der Waals surface area contributed by atoms with Crippen molar-refractivity contribution in [2.24, 2.45) is 0 Å². The van der Waals surface area contributed by atoms with Gasteiger partial charge in [0.2, 0.25) is 0 Å². The molecule has 0 radical (unpaired) electrons. The van der Waals surface area contributed by atoms with E-state index in [-0.39, 0.29) is 17.6 Å². The van der Waals surface area contributed by atoms with E-state index in [1.807, 2.05) is 48.5 Å². The molecular weight excluding hydrogens is 408 g/mol. The summed E-state index contributed by atoms with van der Waals surface area (Å²) in [5.41, 5.74) is 0.831. The Hall–Kier alpha value is -1.43. The molecule has 26 heavy (non-hydrogen) atoms. The van der Waals surface area contributed by atoms with Gasteiger partial charge >= 0.3 is 5.97 Å². The van der Waals surface area contributed by atoms with Gasteiger partial charge in [0.1, 0.15) is 11.2 Å². The molecule has 0 N–H and O–H groups in total. The summed E-state index contributed by atoms with van der Waals surface area (Å²) in [6.45, 7) is 11.3. The molecule has 3 rings (SSSR count). The van der Waals surface area contributed by atoms with Crippen LogP contribution in [0, 0.1) is 0 Å². The van der Waals surface area contributed by atoms with Gasteiger partial charge in [-0.3, -0.25) is 4.79 Å². The van der Waals surface area contributed by atoms with Crippen LogP contribution in [0.4, 0.5) is 0 Å². The van der Waals surface area contributed by atoms with Gasteiger partial charge in [-0.2, -0.15) is 0 Å². The molecule has 2 aromatic carbocycles. The lowest BCUT2D eigenvalue weighted by atomic mass is 9.76. The highest BCUT2D eigenvalue weighted by atomic mass is 79.9. The quantitative estimate of drug-likeness (QED) is 0.354. The van der Waals surface area contributed by atoms with Gasteiger partial charge in [0, 0.05) is 5.56 Å². The van der Waals surface area contributed by atoms with Crippen molar-refractivity contribution in [3.8, 4) is 5.75 Å². The van der Waals surface area contributed by atoms with E-state index in [0.717, 1.165) is 15.6 Å². The maximum absolute atomic E-state index is 13.2. The number of carbonyl (C=O) groups excluding carboxylic acids is 1. The van der Waals surface area contributed by atoms with E-state index in [1.165, 1.54) is 0 Å². The second-order valence-electron chi connectivity index (χ2n) is 8.33. The number of halogens is 1. The predicted molar refractivity (Wildman–Crippen MR) is 110 cm³/mol. The highest BCUT2D eigenvalue weighted by molar-refractivity contribution is 9.10. The molecule has 1 heterocycles. The molecule has 1 atom stereocenters. The molecular formula is C21H25BrO3Si. The number of para-hydroxylation sites is 1. The summed E-state index contributed by atoms with van der Waals surface area (Å²) in [6.07, 6.45) is 0. The van der Waals surface area contributed by atoms with Gasteiger partial charge in [-0.25, -0.2) is 0 Å². The summed E-state index contributed by atoms with van der Waals surface area (Å²) in [5.74, 6) is 0.324. The van der Waals surface area contributed by atoms with Crippen molar-refractivity contribution < 1.29 is 14.0 Å². The Balaban J connectivity index is 2.13. The first-order valence-electron chi connectivity index (χ1n) is 8.80. The van der Waals surface area contributed by atoms with Gasteiger partial charge in [-0.15, -0.1) is 0 Å².